The standard InChI is InChI=1S/C28H31F4N5O2/c1-17(28(30,31)32)26-19-8-4-9-22(35-23-12-14-36(2)16-21(23)29)20(19)15-18(34-26)7-6-13-33-27(39)24-10-5-11-25(38)37(24)3/h4-11,15,21,23,27,33,35,39H,1,12-14,16H2,2-3H3/b7-6+/t21-,23+,27?/m0/s1. The van der Waals surface area contributed by atoms with Crippen LogP contribution in [0.5, 0.6) is 0 Å². The molecule has 7 nitrogen and oxygen atoms in total. The average molecular weight is 546 g/mol. The molecule has 0 saturated carbocycles. The van der Waals surface area contributed by atoms with Gasteiger partial charge in [0.2, 0.25) is 0 Å². The third-order valence-electron chi connectivity index (χ3n) is 6.83. The number of benzene rings is 1. The fraction of sp³-hybridized carbons (Fsp3) is 0.357. The number of likely N-dealkylation sites (tertiary alicyclic amines) is 1. The molecule has 11 heteroatoms. The van der Waals surface area contributed by atoms with Crippen LogP contribution in [0.2, 0.25) is 0 Å². The van der Waals surface area contributed by atoms with Crippen LogP contribution in [0.1, 0.15) is 29.7 Å². The number of allylic oxidation sites excluding steroid dienone is 1. The maximum Gasteiger partial charge on any atom is 0.417 e. The van der Waals surface area contributed by atoms with Gasteiger partial charge in [-0.15, -0.1) is 0 Å². The molecule has 0 spiro atoms. The molecule has 1 saturated heterocycles. The third kappa shape index (κ3) is 6.55. The molecule has 208 valence electrons. The van der Waals surface area contributed by atoms with Crippen LogP contribution in [-0.4, -0.2) is 64.6 Å². The molecule has 3 atom stereocenters. The minimum Gasteiger partial charge on any atom is -0.379 e. The Morgan fingerprint density at radius 2 is 1.97 bits per heavy atom. The average Bonchev–Trinajstić information content (AvgIpc) is 2.88. The molecule has 4 rings (SSSR count). The quantitative estimate of drug-likeness (QED) is 0.290. The van der Waals surface area contributed by atoms with Gasteiger partial charge in [-0.25, -0.2) is 9.37 Å². The van der Waals surface area contributed by atoms with Crippen LogP contribution in [0, 0.1) is 0 Å². The summed E-state index contributed by atoms with van der Waals surface area (Å²) in [4.78, 5) is 17.9. The number of pyridine rings is 2. The van der Waals surface area contributed by atoms with Gasteiger partial charge in [-0.2, -0.15) is 13.2 Å². The van der Waals surface area contributed by atoms with Crippen LogP contribution < -0.4 is 16.2 Å². The lowest BCUT2D eigenvalue weighted by atomic mass is 9.99. The van der Waals surface area contributed by atoms with Crippen molar-refractivity contribution in [1.82, 2.24) is 19.8 Å². The third-order valence-corrected chi connectivity index (χ3v) is 6.83. The van der Waals surface area contributed by atoms with E-state index in [0.29, 0.717) is 29.7 Å². The van der Waals surface area contributed by atoms with Crippen LogP contribution in [0.25, 0.3) is 22.4 Å². The summed E-state index contributed by atoms with van der Waals surface area (Å²) in [7, 11) is 3.38. The monoisotopic (exact) mass is 545 g/mol. The predicted molar refractivity (Wildman–Crippen MR) is 145 cm³/mol. The second kappa shape index (κ2) is 11.7. The van der Waals surface area contributed by atoms with Crippen LogP contribution in [0.4, 0.5) is 23.2 Å². The lowest BCUT2D eigenvalue weighted by Gasteiger charge is -2.33. The summed E-state index contributed by atoms with van der Waals surface area (Å²) in [6.45, 7) is 4.36. The Morgan fingerprint density at radius 1 is 1.23 bits per heavy atom. The van der Waals surface area contributed by atoms with Gasteiger partial charge in [0.15, 0.2) is 0 Å². The van der Waals surface area contributed by atoms with E-state index < -0.39 is 30.2 Å². The number of piperidine rings is 1. The van der Waals surface area contributed by atoms with E-state index in [9.17, 15) is 27.5 Å². The molecule has 3 heterocycles. The SMILES string of the molecule is C=C(c1nc(/C=C/CNC(O)c2cccc(=O)n2C)cc2c(N[C@@H]3CCN(C)C[C@@H]3F)cccc12)C(F)(F)F. The van der Waals surface area contributed by atoms with Gasteiger partial charge in [-0.1, -0.05) is 30.9 Å². The maximum atomic E-state index is 14.7. The number of nitrogens with one attached hydrogen (secondary N) is 2. The number of halogens is 4. The van der Waals surface area contributed by atoms with Gasteiger partial charge in [-0.05, 0) is 37.7 Å². The highest BCUT2D eigenvalue weighted by molar-refractivity contribution is 6.00. The fourth-order valence-electron chi connectivity index (χ4n) is 4.61. The summed E-state index contributed by atoms with van der Waals surface area (Å²) in [6.07, 6.45) is -3.29. The largest absolute Gasteiger partial charge is 0.417 e. The lowest BCUT2D eigenvalue weighted by Crippen LogP contribution is -2.46. The van der Waals surface area contributed by atoms with Crippen LogP contribution >= 0.6 is 0 Å². The summed E-state index contributed by atoms with van der Waals surface area (Å²) in [5.74, 6) is 0. The summed E-state index contributed by atoms with van der Waals surface area (Å²) in [5.41, 5.74) is -0.557. The zero-order chi connectivity index (χ0) is 28.3. The number of rotatable bonds is 8. The molecule has 1 aliphatic rings. The number of nitrogens with zero attached hydrogens (tertiary/aromatic N) is 3. The second-order valence-electron chi connectivity index (χ2n) is 9.65. The van der Waals surface area contributed by atoms with Crippen molar-refractivity contribution in [2.45, 2.75) is 31.0 Å². The Labute approximate surface area is 223 Å². The van der Waals surface area contributed by atoms with Crippen molar-refractivity contribution >= 4 is 28.1 Å². The molecular weight excluding hydrogens is 514 g/mol. The molecule has 0 radical (unpaired) electrons. The molecule has 3 N–H and O–H groups in total. The summed E-state index contributed by atoms with van der Waals surface area (Å²) < 4.78 is 57.1. The smallest absolute Gasteiger partial charge is 0.379 e. The Hall–Kier alpha value is -3.54. The number of aliphatic hydroxyl groups excluding tert-OH is 1. The van der Waals surface area contributed by atoms with Crippen molar-refractivity contribution in [1.29, 1.82) is 0 Å². The number of anilines is 1. The Kier molecular flexibility index (Phi) is 8.53. The molecule has 0 amide bonds. The van der Waals surface area contributed by atoms with Gasteiger partial charge in [0.25, 0.3) is 5.56 Å². The van der Waals surface area contributed by atoms with Crippen LogP contribution in [0.15, 0.2) is 59.9 Å². The number of hydrogen-bond acceptors (Lipinski definition) is 6. The van der Waals surface area contributed by atoms with E-state index in [0.717, 1.165) is 0 Å². The van der Waals surface area contributed by atoms with Crippen LogP contribution in [0.3, 0.4) is 0 Å². The van der Waals surface area contributed by atoms with E-state index in [-0.39, 0.29) is 35.4 Å². The first-order valence-electron chi connectivity index (χ1n) is 12.5. The first-order chi connectivity index (χ1) is 18.5. The lowest BCUT2D eigenvalue weighted by molar-refractivity contribution is -0.0688. The number of aromatic nitrogens is 2. The molecule has 1 aromatic carbocycles. The van der Waals surface area contributed by atoms with Crippen molar-refractivity contribution in [2.75, 3.05) is 32.0 Å². The molecule has 2 aromatic heterocycles. The van der Waals surface area contributed by atoms with Gasteiger partial charge in [0, 0.05) is 49.2 Å². The second-order valence-corrected chi connectivity index (χ2v) is 9.65. The number of alkyl halides is 4. The Bertz CT molecular complexity index is 1440. The molecule has 0 aliphatic carbocycles. The van der Waals surface area contributed by atoms with E-state index in [2.05, 4.69) is 22.2 Å². The van der Waals surface area contributed by atoms with Crippen LogP contribution in [-0.2, 0) is 7.05 Å². The summed E-state index contributed by atoms with van der Waals surface area (Å²) in [6, 6.07) is 10.5. The molecule has 39 heavy (non-hydrogen) atoms. The van der Waals surface area contributed by atoms with Gasteiger partial charge < -0.3 is 19.9 Å². The first kappa shape index (κ1) is 28.5. The van der Waals surface area contributed by atoms with Crippen molar-refractivity contribution in [3.05, 3.63) is 82.6 Å². The summed E-state index contributed by atoms with van der Waals surface area (Å²) in [5, 5.41) is 17.2. The number of fused-ring (bicyclic) bond motifs is 1. The van der Waals surface area contributed by atoms with Crippen molar-refractivity contribution < 1.29 is 22.7 Å². The molecule has 3 aromatic rings. The topological polar surface area (TPSA) is 82.4 Å². The maximum absolute atomic E-state index is 14.7. The van der Waals surface area contributed by atoms with E-state index in [4.69, 9.17) is 0 Å². The first-order valence-corrected chi connectivity index (χ1v) is 12.5. The van der Waals surface area contributed by atoms with Crippen molar-refractivity contribution in [3.63, 3.8) is 0 Å². The number of aliphatic hydroxyl groups is 1. The van der Waals surface area contributed by atoms with E-state index in [1.54, 1.807) is 30.3 Å². The van der Waals surface area contributed by atoms with E-state index >= 15 is 0 Å². The van der Waals surface area contributed by atoms with Crippen molar-refractivity contribution in [3.8, 4) is 0 Å². The minimum absolute atomic E-state index is 0.137. The van der Waals surface area contributed by atoms with Gasteiger partial charge in [0.1, 0.15) is 12.4 Å². The fourth-order valence-corrected chi connectivity index (χ4v) is 4.61. The number of hydrogen-bond donors (Lipinski definition) is 3. The zero-order valence-electron chi connectivity index (χ0n) is 21.7. The molecular formula is C28H31F4N5O2. The highest BCUT2D eigenvalue weighted by atomic mass is 19.4. The summed E-state index contributed by atoms with van der Waals surface area (Å²) >= 11 is 0. The molecule has 0 bridgehead atoms. The highest BCUT2D eigenvalue weighted by Gasteiger charge is 2.35. The van der Waals surface area contributed by atoms with E-state index in [1.807, 2.05) is 11.9 Å². The Balaban J connectivity index is 1.63. The van der Waals surface area contributed by atoms with E-state index in [1.165, 1.54) is 35.9 Å². The molecule has 1 fully saturated rings. The van der Waals surface area contributed by atoms with Crippen molar-refractivity contribution in [2.24, 2.45) is 7.05 Å². The Morgan fingerprint density at radius 3 is 2.69 bits per heavy atom. The molecule has 1 unspecified atom stereocenters. The normalized spacial score (nSPS) is 19.5. The minimum atomic E-state index is -4.69. The van der Waals surface area contributed by atoms with Gasteiger partial charge in [-0.3, -0.25) is 10.1 Å². The van der Waals surface area contributed by atoms with Gasteiger partial charge in [0.05, 0.1) is 28.7 Å². The zero-order valence-corrected chi connectivity index (χ0v) is 21.7. The highest BCUT2D eigenvalue weighted by Crippen LogP contribution is 2.37. The predicted octanol–water partition coefficient (Wildman–Crippen LogP) is 4.26. The van der Waals surface area contributed by atoms with Gasteiger partial charge >= 0.3 is 6.18 Å². The molecule has 1 aliphatic heterocycles.